The largest absolute Gasteiger partial charge is 0.378 e. The highest BCUT2D eigenvalue weighted by molar-refractivity contribution is 7.89. The van der Waals surface area contributed by atoms with Crippen LogP contribution in [0.5, 0.6) is 0 Å². The molecule has 0 aromatic carbocycles. The van der Waals surface area contributed by atoms with E-state index in [1.54, 1.807) is 4.90 Å². The van der Waals surface area contributed by atoms with Gasteiger partial charge in [-0.1, -0.05) is 12.8 Å². The normalized spacial score (nSPS) is 19.9. The van der Waals surface area contributed by atoms with Crippen LogP contribution >= 0.6 is 0 Å². The monoisotopic (exact) mass is 383 g/mol. The number of carbonyl (C=O) groups is 1. The minimum Gasteiger partial charge on any atom is -0.378 e. The SMILES string of the molecule is O=C(Cn1cccc(S(=O)(=O)N2CCCCCC2)c1=O)N1CCOCC1. The van der Waals surface area contributed by atoms with Gasteiger partial charge in [0.2, 0.25) is 15.9 Å². The predicted octanol–water partition coefficient (Wildman–Crippen LogP) is 0.272. The molecule has 26 heavy (non-hydrogen) atoms. The van der Waals surface area contributed by atoms with Crippen molar-refractivity contribution >= 4 is 15.9 Å². The third kappa shape index (κ3) is 4.16. The predicted molar refractivity (Wildman–Crippen MR) is 95.3 cm³/mol. The van der Waals surface area contributed by atoms with E-state index in [1.807, 2.05) is 0 Å². The van der Waals surface area contributed by atoms with Gasteiger partial charge in [-0.05, 0) is 25.0 Å². The number of amides is 1. The quantitative estimate of drug-likeness (QED) is 0.745. The molecule has 2 aliphatic heterocycles. The van der Waals surface area contributed by atoms with Crippen molar-refractivity contribution in [2.75, 3.05) is 39.4 Å². The number of sulfonamides is 1. The summed E-state index contributed by atoms with van der Waals surface area (Å²) in [4.78, 5) is 26.5. The average Bonchev–Trinajstić information content (AvgIpc) is 2.94. The van der Waals surface area contributed by atoms with Crippen LogP contribution < -0.4 is 5.56 Å². The van der Waals surface area contributed by atoms with Crippen molar-refractivity contribution in [3.8, 4) is 0 Å². The van der Waals surface area contributed by atoms with Gasteiger partial charge in [0.1, 0.15) is 11.4 Å². The van der Waals surface area contributed by atoms with Crippen molar-refractivity contribution in [1.82, 2.24) is 13.8 Å². The lowest BCUT2D eigenvalue weighted by atomic mass is 10.2. The van der Waals surface area contributed by atoms with Crippen molar-refractivity contribution in [2.45, 2.75) is 37.1 Å². The Morgan fingerprint density at radius 1 is 1.04 bits per heavy atom. The maximum Gasteiger partial charge on any atom is 0.271 e. The van der Waals surface area contributed by atoms with E-state index in [1.165, 1.54) is 27.2 Å². The van der Waals surface area contributed by atoms with Crippen molar-refractivity contribution in [3.05, 3.63) is 28.7 Å². The average molecular weight is 383 g/mol. The molecule has 0 unspecified atom stereocenters. The first-order valence-electron chi connectivity index (χ1n) is 9.05. The molecular weight excluding hydrogens is 358 g/mol. The third-order valence-electron chi connectivity index (χ3n) is 4.84. The highest BCUT2D eigenvalue weighted by Gasteiger charge is 2.28. The van der Waals surface area contributed by atoms with E-state index in [0.29, 0.717) is 39.4 Å². The van der Waals surface area contributed by atoms with Crippen LogP contribution in [0, 0.1) is 0 Å². The van der Waals surface area contributed by atoms with Crippen LogP contribution in [0.2, 0.25) is 0 Å². The number of morpholine rings is 1. The summed E-state index contributed by atoms with van der Waals surface area (Å²) in [6, 6.07) is 2.84. The number of hydrogen-bond donors (Lipinski definition) is 0. The molecule has 1 aromatic heterocycles. The van der Waals surface area contributed by atoms with Crippen molar-refractivity contribution < 1.29 is 17.9 Å². The van der Waals surface area contributed by atoms with E-state index in [4.69, 9.17) is 4.74 Å². The van der Waals surface area contributed by atoms with Gasteiger partial charge in [0.15, 0.2) is 0 Å². The van der Waals surface area contributed by atoms with E-state index in [-0.39, 0.29) is 17.3 Å². The first-order chi connectivity index (χ1) is 12.5. The third-order valence-corrected chi connectivity index (χ3v) is 6.75. The minimum absolute atomic E-state index is 0.164. The fourth-order valence-corrected chi connectivity index (χ4v) is 4.92. The van der Waals surface area contributed by atoms with E-state index in [0.717, 1.165) is 25.7 Å². The first-order valence-corrected chi connectivity index (χ1v) is 10.5. The van der Waals surface area contributed by atoms with Gasteiger partial charge < -0.3 is 14.2 Å². The van der Waals surface area contributed by atoms with E-state index < -0.39 is 15.6 Å². The Kier molecular flexibility index (Phi) is 6.10. The molecule has 1 amide bonds. The highest BCUT2D eigenvalue weighted by atomic mass is 32.2. The molecule has 8 nitrogen and oxygen atoms in total. The van der Waals surface area contributed by atoms with Crippen LogP contribution in [0.25, 0.3) is 0 Å². The maximum atomic E-state index is 12.9. The molecule has 2 aliphatic rings. The molecular formula is C17H25N3O5S. The lowest BCUT2D eigenvalue weighted by Gasteiger charge is -2.27. The van der Waals surface area contributed by atoms with Crippen LogP contribution in [-0.4, -0.2) is 67.5 Å². The second-order valence-electron chi connectivity index (χ2n) is 6.62. The van der Waals surface area contributed by atoms with Crippen LogP contribution in [0.4, 0.5) is 0 Å². The van der Waals surface area contributed by atoms with Gasteiger partial charge in [-0.15, -0.1) is 0 Å². The zero-order valence-corrected chi connectivity index (χ0v) is 15.6. The first kappa shape index (κ1) is 19.1. The molecule has 0 N–H and O–H groups in total. The molecule has 3 heterocycles. The zero-order chi connectivity index (χ0) is 18.6. The zero-order valence-electron chi connectivity index (χ0n) is 14.8. The molecule has 0 bridgehead atoms. The molecule has 144 valence electrons. The smallest absolute Gasteiger partial charge is 0.271 e. The number of rotatable bonds is 4. The van der Waals surface area contributed by atoms with Gasteiger partial charge in [0.05, 0.1) is 13.2 Å². The van der Waals surface area contributed by atoms with Crippen LogP contribution in [0.1, 0.15) is 25.7 Å². The van der Waals surface area contributed by atoms with Crippen molar-refractivity contribution in [2.24, 2.45) is 0 Å². The number of pyridine rings is 1. The Bertz CT molecular complexity index is 791. The maximum absolute atomic E-state index is 12.9. The summed E-state index contributed by atoms with van der Waals surface area (Å²) in [6.45, 7) is 2.63. The second kappa shape index (κ2) is 8.32. The Balaban J connectivity index is 1.82. The molecule has 0 spiro atoms. The van der Waals surface area contributed by atoms with Crippen LogP contribution in [-0.2, 0) is 26.1 Å². The minimum atomic E-state index is -3.84. The van der Waals surface area contributed by atoms with Gasteiger partial charge in [-0.3, -0.25) is 9.59 Å². The highest BCUT2D eigenvalue weighted by Crippen LogP contribution is 2.18. The van der Waals surface area contributed by atoms with Gasteiger partial charge >= 0.3 is 0 Å². The van der Waals surface area contributed by atoms with Gasteiger partial charge in [0.25, 0.3) is 5.56 Å². The molecule has 0 aliphatic carbocycles. The summed E-state index contributed by atoms with van der Waals surface area (Å²) >= 11 is 0. The van der Waals surface area contributed by atoms with Crippen LogP contribution in [0.15, 0.2) is 28.0 Å². The molecule has 1 aromatic rings. The lowest BCUT2D eigenvalue weighted by Crippen LogP contribution is -2.44. The fourth-order valence-electron chi connectivity index (χ4n) is 3.32. The van der Waals surface area contributed by atoms with Gasteiger partial charge in [-0.25, -0.2) is 8.42 Å². The van der Waals surface area contributed by atoms with Crippen LogP contribution in [0.3, 0.4) is 0 Å². The molecule has 0 atom stereocenters. The molecule has 3 rings (SSSR count). The summed E-state index contributed by atoms with van der Waals surface area (Å²) in [5.41, 5.74) is -0.640. The summed E-state index contributed by atoms with van der Waals surface area (Å²) in [5.74, 6) is -0.209. The summed E-state index contributed by atoms with van der Waals surface area (Å²) in [6.07, 6.45) is 5.06. The number of carbonyl (C=O) groups excluding carboxylic acids is 1. The fraction of sp³-hybridized carbons (Fsp3) is 0.647. The molecule has 9 heteroatoms. The van der Waals surface area contributed by atoms with E-state index in [2.05, 4.69) is 0 Å². The Morgan fingerprint density at radius 3 is 2.35 bits per heavy atom. The number of aromatic nitrogens is 1. The number of ether oxygens (including phenoxy) is 1. The molecule has 2 saturated heterocycles. The number of nitrogens with zero attached hydrogens (tertiary/aromatic N) is 3. The molecule has 2 fully saturated rings. The van der Waals surface area contributed by atoms with E-state index in [9.17, 15) is 18.0 Å². The number of hydrogen-bond acceptors (Lipinski definition) is 5. The standard InChI is InChI=1S/C17H25N3O5S/c21-16(18-10-12-25-13-11-18)14-19-7-5-6-15(17(19)22)26(23,24)20-8-3-1-2-4-9-20/h5-7H,1-4,8-14H2. The van der Waals surface area contributed by atoms with Crippen molar-refractivity contribution in [1.29, 1.82) is 0 Å². The summed E-state index contributed by atoms with van der Waals surface area (Å²) in [7, 11) is -3.84. The van der Waals surface area contributed by atoms with Gasteiger partial charge in [0, 0.05) is 32.4 Å². The van der Waals surface area contributed by atoms with Gasteiger partial charge in [-0.2, -0.15) is 4.31 Å². The van der Waals surface area contributed by atoms with E-state index >= 15 is 0 Å². The molecule has 0 radical (unpaired) electrons. The summed E-state index contributed by atoms with van der Waals surface area (Å²) < 4.78 is 33.6. The van der Waals surface area contributed by atoms with Crippen molar-refractivity contribution in [3.63, 3.8) is 0 Å². The Labute approximate surface area is 153 Å². The topological polar surface area (TPSA) is 88.9 Å². The Hall–Kier alpha value is -1.71. The molecule has 0 saturated carbocycles. The lowest BCUT2D eigenvalue weighted by molar-refractivity contribution is -0.135. The Morgan fingerprint density at radius 2 is 1.69 bits per heavy atom. The summed E-state index contributed by atoms with van der Waals surface area (Å²) in [5, 5.41) is 0. The second-order valence-corrected chi connectivity index (χ2v) is 8.52.